The Labute approximate surface area is 116 Å². The lowest BCUT2D eigenvalue weighted by atomic mass is 10.0. The molecule has 0 spiro atoms. The van der Waals surface area contributed by atoms with Crippen LogP contribution in [0.15, 0.2) is 24.3 Å². The van der Waals surface area contributed by atoms with Crippen molar-refractivity contribution in [1.82, 2.24) is 4.90 Å². The average molecular weight is 288 g/mol. The molecule has 0 radical (unpaired) electrons. The van der Waals surface area contributed by atoms with Crippen molar-refractivity contribution in [3.8, 4) is 0 Å². The number of nitrogens with two attached hydrogens (primary N) is 1. The summed E-state index contributed by atoms with van der Waals surface area (Å²) in [4.78, 5) is 12.8. The topological polar surface area (TPSA) is 46.3 Å². The molecule has 0 saturated carbocycles. The van der Waals surface area contributed by atoms with Gasteiger partial charge < -0.3 is 10.6 Å². The molecule has 1 rings (SSSR count). The number of hydrogen-bond acceptors (Lipinski definition) is 2. The zero-order chi connectivity index (χ0) is 15.3. The summed E-state index contributed by atoms with van der Waals surface area (Å²) < 4.78 is 37.3. The Kier molecular flexibility index (Phi) is 5.56. The quantitative estimate of drug-likeness (QED) is 0.905. The number of amides is 1. The number of benzene rings is 1. The lowest BCUT2D eigenvalue weighted by Gasteiger charge is -2.23. The van der Waals surface area contributed by atoms with Gasteiger partial charge in [-0.25, -0.2) is 0 Å². The van der Waals surface area contributed by atoms with E-state index < -0.39 is 18.6 Å². The van der Waals surface area contributed by atoms with E-state index >= 15 is 0 Å². The van der Waals surface area contributed by atoms with E-state index in [9.17, 15) is 18.0 Å². The number of alkyl halides is 3. The van der Waals surface area contributed by atoms with Crippen LogP contribution in [0.4, 0.5) is 13.2 Å². The van der Waals surface area contributed by atoms with Crippen LogP contribution in [-0.2, 0) is 0 Å². The third-order valence-corrected chi connectivity index (χ3v) is 2.88. The molecular formula is C14H19F3N2O. The molecule has 112 valence electrons. The monoisotopic (exact) mass is 288 g/mol. The largest absolute Gasteiger partial charge is 0.406 e. The molecule has 0 saturated heterocycles. The van der Waals surface area contributed by atoms with Crippen molar-refractivity contribution < 1.29 is 18.0 Å². The molecule has 0 aliphatic carbocycles. The van der Waals surface area contributed by atoms with Gasteiger partial charge in [-0.2, -0.15) is 13.2 Å². The van der Waals surface area contributed by atoms with Crippen molar-refractivity contribution >= 4 is 5.91 Å². The van der Waals surface area contributed by atoms with Crippen LogP contribution in [-0.4, -0.2) is 36.6 Å². The third kappa shape index (κ3) is 4.85. The lowest BCUT2D eigenvalue weighted by Crippen LogP contribution is -2.41. The van der Waals surface area contributed by atoms with Crippen LogP contribution < -0.4 is 5.73 Å². The lowest BCUT2D eigenvalue weighted by molar-refractivity contribution is -0.140. The smallest absolute Gasteiger partial charge is 0.329 e. The predicted molar refractivity (Wildman–Crippen MR) is 71.5 cm³/mol. The fraction of sp³-hybridized carbons (Fsp3) is 0.500. The third-order valence-electron chi connectivity index (χ3n) is 2.88. The molecule has 1 aromatic rings. The van der Waals surface area contributed by atoms with E-state index in [0.29, 0.717) is 5.92 Å². The molecule has 2 N–H and O–H groups in total. The molecule has 1 aromatic carbocycles. The maximum atomic E-state index is 12.4. The Morgan fingerprint density at radius 3 is 2.20 bits per heavy atom. The summed E-state index contributed by atoms with van der Waals surface area (Å²) in [7, 11) is 0. The summed E-state index contributed by atoms with van der Waals surface area (Å²) in [5.41, 5.74) is 6.54. The number of carbonyl (C=O) groups is 1. The maximum absolute atomic E-state index is 12.4. The predicted octanol–water partition coefficient (Wildman–Crippen LogP) is 2.77. The van der Waals surface area contributed by atoms with Crippen LogP contribution in [0.5, 0.6) is 0 Å². The van der Waals surface area contributed by atoms with E-state index in [2.05, 4.69) is 0 Å². The normalized spacial score (nSPS) is 11.8. The summed E-state index contributed by atoms with van der Waals surface area (Å²) in [5, 5.41) is 0. The first-order valence-electron chi connectivity index (χ1n) is 6.40. The standard InChI is InChI=1S/C14H19F3N2O/c1-10(2)11-3-5-12(6-4-11)13(20)19(8-7-18)9-14(15,16)17/h3-6,10H,7-9,18H2,1-2H3. The Hall–Kier alpha value is -1.56. The molecule has 6 heteroatoms. The van der Waals surface area contributed by atoms with Gasteiger partial charge in [0.25, 0.3) is 5.91 Å². The zero-order valence-corrected chi connectivity index (χ0v) is 11.6. The Bertz CT molecular complexity index is 441. The number of carbonyl (C=O) groups excluding carboxylic acids is 1. The second-order valence-electron chi connectivity index (χ2n) is 4.91. The van der Waals surface area contributed by atoms with Gasteiger partial charge in [0.2, 0.25) is 0 Å². The van der Waals surface area contributed by atoms with Crippen molar-refractivity contribution in [1.29, 1.82) is 0 Å². The molecule has 0 aliphatic heterocycles. The van der Waals surface area contributed by atoms with Crippen molar-refractivity contribution in [2.75, 3.05) is 19.6 Å². The van der Waals surface area contributed by atoms with Crippen molar-refractivity contribution in [2.24, 2.45) is 5.73 Å². The second kappa shape index (κ2) is 6.74. The minimum atomic E-state index is -4.43. The van der Waals surface area contributed by atoms with Gasteiger partial charge in [-0.3, -0.25) is 4.79 Å². The highest BCUT2D eigenvalue weighted by atomic mass is 19.4. The average Bonchev–Trinajstić information content (AvgIpc) is 2.36. The molecule has 0 bridgehead atoms. The van der Waals surface area contributed by atoms with Gasteiger partial charge in [0.1, 0.15) is 6.54 Å². The Morgan fingerprint density at radius 2 is 1.80 bits per heavy atom. The van der Waals surface area contributed by atoms with Crippen LogP contribution in [0.25, 0.3) is 0 Å². The molecule has 0 fully saturated rings. The van der Waals surface area contributed by atoms with Gasteiger partial charge >= 0.3 is 6.18 Å². The Morgan fingerprint density at radius 1 is 1.25 bits per heavy atom. The highest BCUT2D eigenvalue weighted by Gasteiger charge is 2.33. The zero-order valence-electron chi connectivity index (χ0n) is 11.6. The van der Waals surface area contributed by atoms with E-state index in [1.807, 2.05) is 13.8 Å². The SMILES string of the molecule is CC(C)c1ccc(C(=O)N(CCN)CC(F)(F)F)cc1. The maximum Gasteiger partial charge on any atom is 0.406 e. The number of rotatable bonds is 5. The molecule has 3 nitrogen and oxygen atoms in total. The highest BCUT2D eigenvalue weighted by molar-refractivity contribution is 5.94. The van der Waals surface area contributed by atoms with E-state index in [4.69, 9.17) is 5.73 Å². The van der Waals surface area contributed by atoms with E-state index in [-0.39, 0.29) is 18.7 Å². The molecule has 0 heterocycles. The molecule has 0 atom stereocenters. The van der Waals surface area contributed by atoms with E-state index in [1.54, 1.807) is 24.3 Å². The van der Waals surface area contributed by atoms with Crippen LogP contribution in [0.3, 0.4) is 0 Å². The first-order valence-corrected chi connectivity index (χ1v) is 6.40. The van der Waals surface area contributed by atoms with Gasteiger partial charge in [-0.05, 0) is 23.6 Å². The van der Waals surface area contributed by atoms with Crippen LogP contribution in [0.2, 0.25) is 0 Å². The number of halogens is 3. The van der Waals surface area contributed by atoms with Gasteiger partial charge in [-0.1, -0.05) is 26.0 Å². The molecule has 0 unspecified atom stereocenters. The fourth-order valence-corrected chi connectivity index (χ4v) is 1.82. The molecule has 0 aliphatic rings. The number of nitrogens with zero attached hydrogens (tertiary/aromatic N) is 1. The first-order chi connectivity index (χ1) is 9.24. The van der Waals surface area contributed by atoms with Crippen LogP contribution >= 0.6 is 0 Å². The Balaban J connectivity index is 2.88. The summed E-state index contributed by atoms with van der Waals surface area (Å²) in [6.07, 6.45) is -4.43. The minimum absolute atomic E-state index is 0.00804. The van der Waals surface area contributed by atoms with Crippen LogP contribution in [0.1, 0.15) is 35.7 Å². The molecule has 20 heavy (non-hydrogen) atoms. The summed E-state index contributed by atoms with van der Waals surface area (Å²) >= 11 is 0. The van der Waals surface area contributed by atoms with Gasteiger partial charge in [0, 0.05) is 18.7 Å². The van der Waals surface area contributed by atoms with Gasteiger partial charge in [-0.15, -0.1) is 0 Å². The number of hydrogen-bond donors (Lipinski definition) is 1. The van der Waals surface area contributed by atoms with E-state index in [0.717, 1.165) is 10.5 Å². The van der Waals surface area contributed by atoms with Crippen molar-refractivity contribution in [3.05, 3.63) is 35.4 Å². The summed E-state index contributed by atoms with van der Waals surface area (Å²) in [6, 6.07) is 6.62. The van der Waals surface area contributed by atoms with Crippen molar-refractivity contribution in [2.45, 2.75) is 25.9 Å². The molecule has 1 amide bonds. The summed E-state index contributed by atoms with van der Waals surface area (Å²) in [5.74, 6) is -0.349. The second-order valence-corrected chi connectivity index (χ2v) is 4.91. The van der Waals surface area contributed by atoms with Crippen LogP contribution in [0, 0.1) is 0 Å². The highest BCUT2D eigenvalue weighted by Crippen LogP contribution is 2.19. The minimum Gasteiger partial charge on any atom is -0.329 e. The van der Waals surface area contributed by atoms with Gasteiger partial charge in [0.05, 0.1) is 0 Å². The van der Waals surface area contributed by atoms with Gasteiger partial charge in [0.15, 0.2) is 0 Å². The fourth-order valence-electron chi connectivity index (χ4n) is 1.82. The van der Waals surface area contributed by atoms with E-state index in [1.165, 1.54) is 0 Å². The first kappa shape index (κ1) is 16.5. The molecule has 0 aromatic heterocycles. The molecular weight excluding hydrogens is 269 g/mol. The summed E-state index contributed by atoms with van der Waals surface area (Å²) in [6.45, 7) is 2.59. The van der Waals surface area contributed by atoms with Crippen molar-refractivity contribution in [3.63, 3.8) is 0 Å².